The number of amides is 1. The molecule has 24 heavy (non-hydrogen) atoms. The van der Waals surface area contributed by atoms with Crippen molar-refractivity contribution in [3.63, 3.8) is 0 Å². The number of hydroxylamine groups is 2. The number of nitrogens with zero attached hydrogens (tertiary/aromatic N) is 1. The van der Waals surface area contributed by atoms with Gasteiger partial charge < -0.3 is 0 Å². The number of hydrogen-bond acceptors (Lipinski definition) is 4. The van der Waals surface area contributed by atoms with Crippen LogP contribution in [0.2, 0.25) is 5.02 Å². The Morgan fingerprint density at radius 3 is 2.42 bits per heavy atom. The molecule has 0 aliphatic carbocycles. The van der Waals surface area contributed by atoms with Crippen molar-refractivity contribution >= 4 is 33.2 Å². The van der Waals surface area contributed by atoms with Crippen LogP contribution in [0.25, 0.3) is 0 Å². The average molecular weight is 369 g/mol. The Morgan fingerprint density at radius 2 is 1.83 bits per heavy atom. The van der Waals surface area contributed by atoms with Crippen molar-refractivity contribution in [1.82, 2.24) is 5.06 Å². The van der Waals surface area contributed by atoms with Crippen molar-refractivity contribution in [1.29, 1.82) is 0 Å². The van der Waals surface area contributed by atoms with E-state index in [1.807, 2.05) is 0 Å². The van der Waals surface area contributed by atoms with E-state index in [0.29, 0.717) is 21.3 Å². The fraction of sp³-hybridized carbons (Fsp3) is 0.188. The van der Waals surface area contributed by atoms with Crippen molar-refractivity contribution in [2.75, 3.05) is 4.72 Å². The first kappa shape index (κ1) is 18.3. The van der Waals surface area contributed by atoms with Gasteiger partial charge >= 0.3 is 0 Å². The van der Waals surface area contributed by atoms with Crippen LogP contribution in [0.4, 0.5) is 5.69 Å². The van der Waals surface area contributed by atoms with Crippen LogP contribution < -0.4 is 4.72 Å². The van der Waals surface area contributed by atoms with Crippen LogP contribution in [0.3, 0.4) is 0 Å². The highest BCUT2D eigenvalue weighted by Gasteiger charge is 2.18. The minimum Gasteiger partial charge on any atom is -0.285 e. The number of nitrogens with one attached hydrogen (secondary N) is 1. The summed E-state index contributed by atoms with van der Waals surface area (Å²) in [7, 11) is -3.76. The summed E-state index contributed by atoms with van der Waals surface area (Å²) in [5.74, 6) is -0.505. The Morgan fingerprint density at radius 1 is 1.21 bits per heavy atom. The number of carbonyl (C=O) groups excluding carboxylic acids is 1. The van der Waals surface area contributed by atoms with Gasteiger partial charge in [-0.3, -0.25) is 14.7 Å². The van der Waals surface area contributed by atoms with Gasteiger partial charge in [-0.2, -0.15) is 0 Å². The summed E-state index contributed by atoms with van der Waals surface area (Å²) in [6, 6.07) is 11.7. The zero-order chi connectivity index (χ0) is 17.9. The van der Waals surface area contributed by atoms with Gasteiger partial charge in [-0.15, -0.1) is 0 Å². The number of benzene rings is 2. The minimum absolute atomic E-state index is 0.0814. The molecule has 2 N–H and O–H groups in total. The fourth-order valence-electron chi connectivity index (χ4n) is 2.10. The van der Waals surface area contributed by atoms with E-state index < -0.39 is 22.0 Å². The molecule has 6 nitrogen and oxygen atoms in total. The van der Waals surface area contributed by atoms with Crippen molar-refractivity contribution in [2.24, 2.45) is 0 Å². The lowest BCUT2D eigenvalue weighted by atomic mass is 10.1. The normalized spacial score (nSPS) is 12.5. The van der Waals surface area contributed by atoms with Crippen LogP contribution in [-0.2, 0) is 14.8 Å². The molecule has 2 aromatic carbocycles. The molecule has 0 fully saturated rings. The largest absolute Gasteiger partial charge is 0.285 e. The lowest BCUT2D eigenvalue weighted by Gasteiger charge is -2.22. The molecule has 0 bridgehead atoms. The molecule has 0 radical (unpaired) electrons. The number of carbonyl (C=O) groups is 1. The quantitative estimate of drug-likeness (QED) is 0.625. The molecule has 0 spiro atoms. The van der Waals surface area contributed by atoms with Gasteiger partial charge in [0.2, 0.25) is 5.91 Å². The van der Waals surface area contributed by atoms with E-state index in [1.165, 1.54) is 31.2 Å². The maximum Gasteiger partial charge on any atom is 0.261 e. The van der Waals surface area contributed by atoms with Crippen LogP contribution in [0, 0.1) is 0 Å². The van der Waals surface area contributed by atoms with E-state index in [-0.39, 0.29) is 4.90 Å². The van der Waals surface area contributed by atoms with Crippen LogP contribution in [0.15, 0.2) is 53.4 Å². The fourth-order valence-corrected chi connectivity index (χ4v) is 3.28. The Hall–Kier alpha value is -2.09. The number of anilines is 1. The maximum atomic E-state index is 12.4. The Balaban J connectivity index is 2.26. The minimum atomic E-state index is -3.76. The molecule has 1 atom stereocenters. The monoisotopic (exact) mass is 368 g/mol. The van der Waals surface area contributed by atoms with Gasteiger partial charge in [0, 0.05) is 17.6 Å². The van der Waals surface area contributed by atoms with Gasteiger partial charge in [-0.25, -0.2) is 13.5 Å². The summed E-state index contributed by atoms with van der Waals surface area (Å²) < 4.78 is 27.2. The van der Waals surface area contributed by atoms with E-state index in [1.54, 1.807) is 31.2 Å². The van der Waals surface area contributed by atoms with E-state index in [9.17, 15) is 18.4 Å². The summed E-state index contributed by atoms with van der Waals surface area (Å²) in [6.45, 7) is 2.87. The zero-order valence-corrected chi connectivity index (χ0v) is 14.7. The standard InChI is InChI=1S/C16H17ClN2O4S/c1-11(19(21)12(2)20)13-4-3-5-15(10-13)18-24(22,23)16-8-6-14(17)7-9-16/h3-11,18,21H,1-2H3. The number of hydrogen-bond donors (Lipinski definition) is 2. The topological polar surface area (TPSA) is 86.7 Å². The molecule has 0 aliphatic rings. The molecule has 0 heterocycles. The van der Waals surface area contributed by atoms with Gasteiger partial charge in [0.15, 0.2) is 0 Å². The van der Waals surface area contributed by atoms with E-state index in [2.05, 4.69) is 4.72 Å². The Bertz CT molecular complexity index is 837. The zero-order valence-electron chi connectivity index (χ0n) is 13.1. The van der Waals surface area contributed by atoms with Gasteiger partial charge in [-0.1, -0.05) is 23.7 Å². The van der Waals surface area contributed by atoms with E-state index >= 15 is 0 Å². The molecule has 2 aromatic rings. The molecular formula is C16H17ClN2O4S. The predicted molar refractivity (Wildman–Crippen MR) is 91.4 cm³/mol. The smallest absolute Gasteiger partial charge is 0.261 e. The van der Waals surface area contributed by atoms with Crippen LogP contribution in [0.5, 0.6) is 0 Å². The number of sulfonamides is 1. The van der Waals surface area contributed by atoms with Crippen LogP contribution >= 0.6 is 11.6 Å². The molecule has 128 valence electrons. The van der Waals surface area contributed by atoms with Crippen LogP contribution in [-0.4, -0.2) is 24.6 Å². The summed E-state index contributed by atoms with van der Waals surface area (Å²) >= 11 is 5.76. The third-order valence-electron chi connectivity index (χ3n) is 3.43. The second-order valence-corrected chi connectivity index (χ2v) is 7.34. The first-order chi connectivity index (χ1) is 11.2. The van der Waals surface area contributed by atoms with Crippen molar-refractivity contribution in [2.45, 2.75) is 24.8 Å². The molecular weight excluding hydrogens is 352 g/mol. The highest BCUT2D eigenvalue weighted by molar-refractivity contribution is 7.92. The molecule has 2 rings (SSSR count). The summed E-state index contributed by atoms with van der Waals surface area (Å²) in [4.78, 5) is 11.3. The Labute approximate surface area is 145 Å². The molecule has 8 heteroatoms. The average Bonchev–Trinajstić information content (AvgIpc) is 2.53. The first-order valence-corrected chi connectivity index (χ1v) is 8.94. The number of halogens is 1. The first-order valence-electron chi connectivity index (χ1n) is 7.08. The SMILES string of the molecule is CC(=O)N(O)C(C)c1cccc(NS(=O)(=O)c2ccc(Cl)cc2)c1. The van der Waals surface area contributed by atoms with Crippen molar-refractivity contribution in [3.05, 3.63) is 59.1 Å². The Kier molecular flexibility index (Phi) is 5.48. The van der Waals surface area contributed by atoms with Gasteiger partial charge in [0.25, 0.3) is 10.0 Å². The lowest BCUT2D eigenvalue weighted by Crippen LogP contribution is -2.27. The van der Waals surface area contributed by atoms with Gasteiger partial charge in [0.1, 0.15) is 0 Å². The molecule has 1 unspecified atom stereocenters. The van der Waals surface area contributed by atoms with Gasteiger partial charge in [0.05, 0.1) is 10.9 Å². The molecule has 0 saturated heterocycles. The third-order valence-corrected chi connectivity index (χ3v) is 5.08. The highest BCUT2D eigenvalue weighted by atomic mass is 35.5. The predicted octanol–water partition coefficient (Wildman–Crippen LogP) is 3.44. The summed E-state index contributed by atoms with van der Waals surface area (Å²) in [5.41, 5.74) is 0.912. The van der Waals surface area contributed by atoms with Crippen LogP contribution in [0.1, 0.15) is 25.5 Å². The molecule has 0 aliphatic heterocycles. The van der Waals surface area contributed by atoms with Crippen molar-refractivity contribution in [3.8, 4) is 0 Å². The third kappa shape index (κ3) is 4.25. The number of rotatable bonds is 5. The lowest BCUT2D eigenvalue weighted by molar-refractivity contribution is -0.172. The molecule has 1 amide bonds. The summed E-state index contributed by atoms with van der Waals surface area (Å²) in [5, 5.41) is 10.7. The van der Waals surface area contributed by atoms with E-state index in [4.69, 9.17) is 11.6 Å². The molecule has 0 saturated carbocycles. The molecule has 0 aromatic heterocycles. The van der Waals surface area contributed by atoms with Crippen molar-refractivity contribution < 1.29 is 18.4 Å². The second kappa shape index (κ2) is 7.21. The second-order valence-electron chi connectivity index (χ2n) is 5.22. The summed E-state index contributed by atoms with van der Waals surface area (Å²) in [6.07, 6.45) is 0. The highest BCUT2D eigenvalue weighted by Crippen LogP contribution is 2.24. The maximum absolute atomic E-state index is 12.4. The van der Waals surface area contributed by atoms with Gasteiger partial charge in [-0.05, 0) is 48.9 Å². The van der Waals surface area contributed by atoms with E-state index in [0.717, 1.165) is 0 Å².